The molecule has 0 aliphatic carbocycles. The highest BCUT2D eigenvalue weighted by atomic mass is 35.5. The summed E-state index contributed by atoms with van der Waals surface area (Å²) in [6, 6.07) is 10.5. The highest BCUT2D eigenvalue weighted by Gasteiger charge is 2.20. The lowest BCUT2D eigenvalue weighted by Crippen LogP contribution is -2.04. The van der Waals surface area contributed by atoms with Gasteiger partial charge in [0, 0.05) is 5.56 Å². The average Bonchev–Trinajstić information content (AvgIpc) is 2.34. The third-order valence-corrected chi connectivity index (χ3v) is 3.50. The Labute approximate surface area is 117 Å². The van der Waals surface area contributed by atoms with E-state index >= 15 is 0 Å². The summed E-state index contributed by atoms with van der Waals surface area (Å²) < 4.78 is 27.7. The first-order valence-electron chi connectivity index (χ1n) is 6.13. The number of hydrogen-bond donors (Lipinski definition) is 0. The van der Waals surface area contributed by atoms with E-state index in [-0.39, 0.29) is 5.56 Å². The molecule has 1 unspecified atom stereocenters. The molecule has 19 heavy (non-hydrogen) atoms. The molecule has 0 saturated heterocycles. The molecular weight excluding hydrogens is 266 g/mol. The maximum absolute atomic E-state index is 14.0. The first-order chi connectivity index (χ1) is 8.99. The number of aryl methyl sites for hydroxylation is 2. The van der Waals surface area contributed by atoms with Gasteiger partial charge in [-0.05, 0) is 37.5 Å². The molecule has 100 valence electrons. The third-order valence-electron chi connectivity index (χ3n) is 3.13. The molecule has 0 spiro atoms. The minimum atomic E-state index is -0.707. The van der Waals surface area contributed by atoms with Gasteiger partial charge in [0.15, 0.2) is 0 Å². The van der Waals surface area contributed by atoms with Crippen molar-refractivity contribution in [1.82, 2.24) is 0 Å². The Morgan fingerprint density at radius 3 is 2.53 bits per heavy atom. The van der Waals surface area contributed by atoms with Gasteiger partial charge in [-0.3, -0.25) is 0 Å². The van der Waals surface area contributed by atoms with Crippen LogP contribution in [0.15, 0.2) is 36.4 Å². The van der Waals surface area contributed by atoms with Crippen LogP contribution in [0.4, 0.5) is 8.78 Å². The summed E-state index contributed by atoms with van der Waals surface area (Å²) in [6.07, 6.45) is 0.403. The van der Waals surface area contributed by atoms with Crippen LogP contribution in [0.1, 0.15) is 27.6 Å². The molecule has 0 saturated carbocycles. The summed E-state index contributed by atoms with van der Waals surface area (Å²) in [5.74, 6) is -1.14. The molecule has 2 aromatic rings. The van der Waals surface area contributed by atoms with E-state index in [1.54, 1.807) is 6.92 Å². The first kappa shape index (κ1) is 14.0. The monoisotopic (exact) mass is 280 g/mol. The van der Waals surface area contributed by atoms with Gasteiger partial charge in [0.25, 0.3) is 0 Å². The van der Waals surface area contributed by atoms with Crippen molar-refractivity contribution < 1.29 is 8.78 Å². The molecule has 0 fully saturated rings. The van der Waals surface area contributed by atoms with Gasteiger partial charge in [-0.25, -0.2) is 8.78 Å². The van der Waals surface area contributed by atoms with Gasteiger partial charge in [-0.1, -0.05) is 35.9 Å². The lowest BCUT2D eigenvalue weighted by Gasteiger charge is -2.14. The van der Waals surface area contributed by atoms with Crippen molar-refractivity contribution in [1.29, 1.82) is 0 Å². The van der Waals surface area contributed by atoms with Gasteiger partial charge in [-0.15, -0.1) is 11.6 Å². The molecule has 0 heterocycles. The molecule has 0 aromatic heterocycles. The molecule has 3 heteroatoms. The molecule has 2 rings (SSSR count). The largest absolute Gasteiger partial charge is 0.207 e. The Kier molecular flexibility index (Phi) is 4.20. The summed E-state index contributed by atoms with van der Waals surface area (Å²) in [5.41, 5.74) is 2.45. The van der Waals surface area contributed by atoms with Crippen molar-refractivity contribution >= 4 is 11.6 Å². The molecule has 1 atom stereocenters. The Balaban J connectivity index is 2.30. The molecule has 2 aromatic carbocycles. The number of hydrogen-bond acceptors (Lipinski definition) is 0. The molecule has 0 bridgehead atoms. The zero-order chi connectivity index (χ0) is 14.0. The van der Waals surface area contributed by atoms with Gasteiger partial charge in [-0.2, -0.15) is 0 Å². The van der Waals surface area contributed by atoms with Gasteiger partial charge in [0.05, 0.1) is 5.38 Å². The minimum Gasteiger partial charge on any atom is -0.207 e. The van der Waals surface area contributed by atoms with Crippen molar-refractivity contribution in [2.24, 2.45) is 0 Å². The second kappa shape index (κ2) is 5.70. The van der Waals surface area contributed by atoms with Crippen LogP contribution in [0, 0.1) is 25.5 Å². The Bertz CT molecular complexity index is 593. The maximum atomic E-state index is 14.0. The summed E-state index contributed by atoms with van der Waals surface area (Å²) >= 11 is 6.20. The van der Waals surface area contributed by atoms with Crippen LogP contribution in [0.25, 0.3) is 0 Å². The molecule has 0 aliphatic heterocycles. The van der Waals surface area contributed by atoms with Gasteiger partial charge in [0.1, 0.15) is 11.6 Å². The highest BCUT2D eigenvalue weighted by Crippen LogP contribution is 2.31. The van der Waals surface area contributed by atoms with Crippen molar-refractivity contribution in [3.05, 3.63) is 70.3 Å². The van der Waals surface area contributed by atoms with Gasteiger partial charge >= 0.3 is 0 Å². The molecule has 0 nitrogen and oxygen atoms in total. The lowest BCUT2D eigenvalue weighted by molar-refractivity contribution is 0.545. The van der Waals surface area contributed by atoms with Crippen molar-refractivity contribution in [3.8, 4) is 0 Å². The van der Waals surface area contributed by atoms with Crippen LogP contribution in [0.5, 0.6) is 0 Å². The number of benzene rings is 2. The molecule has 0 N–H and O–H groups in total. The van der Waals surface area contributed by atoms with E-state index < -0.39 is 17.0 Å². The zero-order valence-corrected chi connectivity index (χ0v) is 11.6. The minimum absolute atomic E-state index is 0.0387. The Morgan fingerprint density at radius 1 is 1.11 bits per heavy atom. The van der Waals surface area contributed by atoms with E-state index in [0.29, 0.717) is 12.0 Å². The second-order valence-electron chi connectivity index (χ2n) is 4.75. The fraction of sp³-hybridized carbons (Fsp3) is 0.250. The standard InChI is InChI=1S/C16H15ClF2/c1-10-4-3-5-12(8-10)9-13(17)15-14(18)7-6-11(2)16(15)19/h3-8,13H,9H2,1-2H3. The van der Waals surface area contributed by atoms with Crippen LogP contribution in [-0.4, -0.2) is 0 Å². The van der Waals surface area contributed by atoms with Crippen LogP contribution in [0.2, 0.25) is 0 Å². The lowest BCUT2D eigenvalue weighted by atomic mass is 10.00. The second-order valence-corrected chi connectivity index (χ2v) is 5.28. The Hall–Kier alpha value is -1.41. The summed E-state index contributed by atoms with van der Waals surface area (Å²) in [6.45, 7) is 3.58. The van der Waals surface area contributed by atoms with Crippen molar-refractivity contribution in [3.63, 3.8) is 0 Å². The van der Waals surface area contributed by atoms with E-state index in [0.717, 1.165) is 11.1 Å². The van der Waals surface area contributed by atoms with E-state index in [1.807, 2.05) is 31.2 Å². The summed E-state index contributed by atoms with van der Waals surface area (Å²) in [4.78, 5) is 0. The van der Waals surface area contributed by atoms with Crippen LogP contribution < -0.4 is 0 Å². The van der Waals surface area contributed by atoms with E-state index in [9.17, 15) is 8.78 Å². The first-order valence-corrected chi connectivity index (χ1v) is 6.57. The van der Waals surface area contributed by atoms with Gasteiger partial charge in [0.2, 0.25) is 0 Å². The third kappa shape index (κ3) is 3.13. The molecule has 0 amide bonds. The quantitative estimate of drug-likeness (QED) is 0.686. The normalized spacial score (nSPS) is 12.5. The van der Waals surface area contributed by atoms with Gasteiger partial charge < -0.3 is 0 Å². The molecule has 0 aliphatic rings. The number of alkyl halides is 1. The predicted molar refractivity (Wildman–Crippen MR) is 74.6 cm³/mol. The van der Waals surface area contributed by atoms with E-state index in [2.05, 4.69) is 0 Å². The van der Waals surface area contributed by atoms with Crippen molar-refractivity contribution in [2.45, 2.75) is 25.6 Å². The van der Waals surface area contributed by atoms with Crippen LogP contribution >= 0.6 is 11.6 Å². The smallest absolute Gasteiger partial charge is 0.133 e. The number of rotatable bonds is 3. The molecule has 0 radical (unpaired) electrons. The molecular formula is C16H15ClF2. The Morgan fingerprint density at radius 2 is 1.84 bits per heavy atom. The SMILES string of the molecule is Cc1cccc(CC(Cl)c2c(F)ccc(C)c2F)c1. The topological polar surface area (TPSA) is 0 Å². The fourth-order valence-corrected chi connectivity index (χ4v) is 2.49. The van der Waals surface area contributed by atoms with E-state index in [4.69, 9.17) is 11.6 Å². The summed E-state index contributed by atoms with van der Waals surface area (Å²) in [7, 11) is 0. The van der Waals surface area contributed by atoms with E-state index in [1.165, 1.54) is 12.1 Å². The van der Waals surface area contributed by atoms with Crippen LogP contribution in [-0.2, 0) is 6.42 Å². The predicted octanol–water partition coefficient (Wildman–Crippen LogP) is 5.10. The van der Waals surface area contributed by atoms with Crippen LogP contribution in [0.3, 0.4) is 0 Å². The number of halogens is 3. The summed E-state index contributed by atoms with van der Waals surface area (Å²) in [5, 5.41) is -0.707. The average molecular weight is 281 g/mol. The van der Waals surface area contributed by atoms with Crippen molar-refractivity contribution in [2.75, 3.05) is 0 Å². The zero-order valence-electron chi connectivity index (χ0n) is 10.9. The fourth-order valence-electron chi connectivity index (χ4n) is 2.11. The highest BCUT2D eigenvalue weighted by molar-refractivity contribution is 6.21. The maximum Gasteiger partial charge on any atom is 0.133 e.